The van der Waals surface area contributed by atoms with Gasteiger partial charge in [0, 0.05) is 38.0 Å². The van der Waals surface area contributed by atoms with Crippen LogP contribution in [0.2, 0.25) is 0 Å². The van der Waals surface area contributed by atoms with Crippen LogP contribution < -0.4 is 10.2 Å². The molecule has 3 rings (SSSR count). The minimum atomic E-state index is -0.328. The predicted octanol–water partition coefficient (Wildman–Crippen LogP) is 2.79. The molecule has 2 heterocycles. The zero-order valence-electron chi connectivity index (χ0n) is 12.1. The minimum absolute atomic E-state index is 0.135. The van der Waals surface area contributed by atoms with Gasteiger partial charge in [-0.2, -0.15) is 0 Å². The molecule has 1 unspecified atom stereocenters. The van der Waals surface area contributed by atoms with E-state index in [0.29, 0.717) is 12.2 Å². The maximum atomic E-state index is 11.2. The van der Waals surface area contributed by atoms with Gasteiger partial charge in [-0.1, -0.05) is 0 Å². The molecule has 2 aliphatic rings. The Morgan fingerprint density at radius 1 is 1.33 bits per heavy atom. The Balaban J connectivity index is 1.76. The van der Waals surface area contributed by atoms with Crippen LogP contribution in [-0.4, -0.2) is 37.3 Å². The number of nitro benzene ring substituents is 1. The van der Waals surface area contributed by atoms with E-state index in [1.54, 1.807) is 6.07 Å². The average molecular weight is 291 g/mol. The number of rotatable bonds is 5. The van der Waals surface area contributed by atoms with Crippen LogP contribution in [0.5, 0.6) is 0 Å². The van der Waals surface area contributed by atoms with Crippen molar-refractivity contribution >= 4 is 17.1 Å². The molecule has 0 radical (unpaired) electrons. The summed E-state index contributed by atoms with van der Waals surface area (Å²) in [5.74, 6) is 0. The van der Waals surface area contributed by atoms with E-state index >= 15 is 0 Å². The van der Waals surface area contributed by atoms with Gasteiger partial charge in [0.1, 0.15) is 5.69 Å². The van der Waals surface area contributed by atoms with Gasteiger partial charge in [-0.25, -0.2) is 0 Å². The van der Waals surface area contributed by atoms with Crippen molar-refractivity contribution in [3.8, 4) is 0 Å². The Morgan fingerprint density at radius 3 is 2.81 bits per heavy atom. The first-order valence-electron chi connectivity index (χ1n) is 7.63. The second kappa shape index (κ2) is 6.30. The van der Waals surface area contributed by atoms with Crippen LogP contribution in [0, 0.1) is 10.1 Å². The molecule has 0 aliphatic carbocycles. The zero-order chi connectivity index (χ0) is 14.7. The SMILES string of the molecule is O=[N+]([O-])c1ccc(N2CCCC2)cc1NCC1CCCO1. The summed E-state index contributed by atoms with van der Waals surface area (Å²) in [6, 6.07) is 5.35. The standard InChI is InChI=1S/C15H21N3O3/c19-18(20)15-6-5-12(17-7-1-2-8-17)10-14(15)16-11-13-4-3-9-21-13/h5-6,10,13,16H,1-4,7-9,11H2. The molecule has 2 fully saturated rings. The highest BCUT2D eigenvalue weighted by Gasteiger charge is 2.20. The highest BCUT2D eigenvalue weighted by atomic mass is 16.6. The second-order valence-corrected chi connectivity index (χ2v) is 5.67. The Labute approximate surface area is 124 Å². The first-order chi connectivity index (χ1) is 10.2. The van der Waals surface area contributed by atoms with Crippen LogP contribution >= 0.6 is 0 Å². The summed E-state index contributed by atoms with van der Waals surface area (Å²) in [6.07, 6.45) is 4.64. The Bertz CT molecular complexity index is 509. The number of ether oxygens (including phenoxy) is 1. The lowest BCUT2D eigenvalue weighted by Gasteiger charge is -2.19. The fraction of sp³-hybridized carbons (Fsp3) is 0.600. The molecule has 1 aromatic rings. The van der Waals surface area contributed by atoms with Crippen molar-refractivity contribution in [1.82, 2.24) is 0 Å². The van der Waals surface area contributed by atoms with Gasteiger partial charge >= 0.3 is 0 Å². The van der Waals surface area contributed by atoms with E-state index in [-0.39, 0.29) is 16.7 Å². The smallest absolute Gasteiger partial charge is 0.292 e. The lowest BCUT2D eigenvalue weighted by atomic mass is 10.2. The second-order valence-electron chi connectivity index (χ2n) is 5.67. The summed E-state index contributed by atoms with van der Waals surface area (Å²) < 4.78 is 5.56. The van der Waals surface area contributed by atoms with E-state index in [1.807, 2.05) is 12.1 Å². The van der Waals surface area contributed by atoms with Gasteiger partial charge in [-0.15, -0.1) is 0 Å². The lowest BCUT2D eigenvalue weighted by molar-refractivity contribution is -0.383. The maximum absolute atomic E-state index is 11.2. The molecule has 0 bridgehead atoms. The number of hydrogen-bond donors (Lipinski definition) is 1. The van der Waals surface area contributed by atoms with Crippen molar-refractivity contribution < 1.29 is 9.66 Å². The van der Waals surface area contributed by atoms with E-state index in [2.05, 4.69) is 10.2 Å². The molecule has 2 aliphatic heterocycles. The molecule has 1 N–H and O–H groups in total. The highest BCUT2D eigenvalue weighted by Crippen LogP contribution is 2.31. The molecule has 114 valence electrons. The number of hydrogen-bond acceptors (Lipinski definition) is 5. The lowest BCUT2D eigenvalue weighted by Crippen LogP contribution is -2.20. The van der Waals surface area contributed by atoms with Crippen molar-refractivity contribution in [2.24, 2.45) is 0 Å². The number of nitrogens with one attached hydrogen (secondary N) is 1. The van der Waals surface area contributed by atoms with Crippen molar-refractivity contribution in [1.29, 1.82) is 0 Å². The fourth-order valence-electron chi connectivity index (χ4n) is 3.03. The predicted molar refractivity (Wildman–Crippen MR) is 82.0 cm³/mol. The Hall–Kier alpha value is -1.82. The van der Waals surface area contributed by atoms with Crippen LogP contribution in [0.1, 0.15) is 25.7 Å². The molecule has 0 amide bonds. The third-order valence-electron chi connectivity index (χ3n) is 4.19. The summed E-state index contributed by atoms with van der Waals surface area (Å²) >= 11 is 0. The van der Waals surface area contributed by atoms with Crippen LogP contribution in [0.4, 0.5) is 17.1 Å². The van der Waals surface area contributed by atoms with Gasteiger partial charge in [0.15, 0.2) is 0 Å². The van der Waals surface area contributed by atoms with Crippen molar-refractivity contribution in [3.63, 3.8) is 0 Å². The van der Waals surface area contributed by atoms with E-state index in [9.17, 15) is 10.1 Å². The number of nitrogens with zero attached hydrogens (tertiary/aromatic N) is 2. The summed E-state index contributed by atoms with van der Waals surface area (Å²) in [5.41, 5.74) is 1.80. The molecule has 0 aromatic heterocycles. The third-order valence-corrected chi connectivity index (χ3v) is 4.19. The van der Waals surface area contributed by atoms with Crippen LogP contribution in [0.3, 0.4) is 0 Å². The molecular formula is C15H21N3O3. The van der Waals surface area contributed by atoms with Crippen molar-refractivity contribution in [2.45, 2.75) is 31.8 Å². The van der Waals surface area contributed by atoms with E-state index in [1.165, 1.54) is 12.8 Å². The van der Waals surface area contributed by atoms with Gasteiger partial charge in [-0.05, 0) is 37.8 Å². The molecule has 1 aromatic carbocycles. The van der Waals surface area contributed by atoms with Crippen LogP contribution in [0.25, 0.3) is 0 Å². The average Bonchev–Trinajstić information content (AvgIpc) is 3.18. The van der Waals surface area contributed by atoms with Gasteiger partial charge < -0.3 is 15.0 Å². The number of nitro groups is 1. The zero-order valence-corrected chi connectivity index (χ0v) is 12.1. The van der Waals surface area contributed by atoms with E-state index in [4.69, 9.17) is 4.74 Å². The number of anilines is 2. The first-order valence-corrected chi connectivity index (χ1v) is 7.63. The van der Waals surface area contributed by atoms with Gasteiger partial charge in [-0.3, -0.25) is 10.1 Å². The summed E-state index contributed by atoms with van der Waals surface area (Å²) in [5, 5.41) is 14.4. The van der Waals surface area contributed by atoms with Crippen LogP contribution in [-0.2, 0) is 4.74 Å². The maximum Gasteiger partial charge on any atom is 0.292 e. The summed E-state index contributed by atoms with van der Waals surface area (Å²) in [4.78, 5) is 13.1. The normalized spacial score (nSPS) is 21.7. The van der Waals surface area contributed by atoms with Gasteiger partial charge in [0.2, 0.25) is 0 Å². The number of benzene rings is 1. The minimum Gasteiger partial charge on any atom is -0.377 e. The van der Waals surface area contributed by atoms with Crippen molar-refractivity contribution in [3.05, 3.63) is 28.3 Å². The molecule has 21 heavy (non-hydrogen) atoms. The molecule has 6 heteroatoms. The molecule has 0 spiro atoms. The highest BCUT2D eigenvalue weighted by molar-refractivity contribution is 5.69. The largest absolute Gasteiger partial charge is 0.377 e. The summed E-state index contributed by atoms with van der Waals surface area (Å²) in [6.45, 7) is 3.48. The monoisotopic (exact) mass is 291 g/mol. The summed E-state index contributed by atoms with van der Waals surface area (Å²) in [7, 11) is 0. The Kier molecular flexibility index (Phi) is 4.24. The van der Waals surface area contributed by atoms with E-state index in [0.717, 1.165) is 38.2 Å². The van der Waals surface area contributed by atoms with Crippen LogP contribution in [0.15, 0.2) is 18.2 Å². The van der Waals surface area contributed by atoms with Gasteiger partial charge in [0.05, 0.1) is 11.0 Å². The Morgan fingerprint density at radius 2 is 2.14 bits per heavy atom. The fourth-order valence-corrected chi connectivity index (χ4v) is 3.03. The molecule has 1 atom stereocenters. The van der Waals surface area contributed by atoms with Gasteiger partial charge in [0.25, 0.3) is 5.69 Å². The molecule has 6 nitrogen and oxygen atoms in total. The quantitative estimate of drug-likeness (QED) is 0.667. The topological polar surface area (TPSA) is 67.6 Å². The van der Waals surface area contributed by atoms with Crippen molar-refractivity contribution in [2.75, 3.05) is 36.5 Å². The van der Waals surface area contributed by atoms with E-state index < -0.39 is 0 Å². The third kappa shape index (κ3) is 3.26. The molecule has 0 saturated carbocycles. The first kappa shape index (κ1) is 14.1. The molecular weight excluding hydrogens is 270 g/mol. The molecule has 2 saturated heterocycles.